The average Bonchev–Trinajstić information content (AvgIpc) is 2.70. The van der Waals surface area contributed by atoms with E-state index in [9.17, 15) is 0 Å². The minimum atomic E-state index is 0.672. The van der Waals surface area contributed by atoms with Crippen molar-refractivity contribution in [2.75, 3.05) is 6.54 Å². The van der Waals surface area contributed by atoms with Crippen LogP contribution in [0.25, 0.3) is 0 Å². The number of allylic oxidation sites excluding steroid dienone is 1. The Bertz CT molecular complexity index is 177. The highest BCUT2D eigenvalue weighted by molar-refractivity contribution is 5.12. The Balaban J connectivity index is 2.00. The van der Waals surface area contributed by atoms with Crippen LogP contribution in [0.3, 0.4) is 0 Å². The van der Waals surface area contributed by atoms with Gasteiger partial charge in [0.05, 0.1) is 0 Å². The summed E-state index contributed by atoms with van der Waals surface area (Å²) >= 11 is 0. The third-order valence-corrected chi connectivity index (χ3v) is 3.04. The molecule has 1 spiro atoms. The van der Waals surface area contributed by atoms with E-state index in [-0.39, 0.29) is 0 Å². The van der Waals surface area contributed by atoms with Crippen LogP contribution >= 0.6 is 0 Å². The van der Waals surface area contributed by atoms with Crippen molar-refractivity contribution in [2.45, 2.75) is 39.2 Å². The molecule has 2 rings (SSSR count). The fraction of sp³-hybridized carbons (Fsp3) is 0.800. The van der Waals surface area contributed by atoms with Crippen molar-refractivity contribution < 1.29 is 0 Å². The summed E-state index contributed by atoms with van der Waals surface area (Å²) in [5.41, 5.74) is 0.672. The molecule has 1 heteroatoms. The number of rotatable bonds is 1. The minimum absolute atomic E-state index is 0.672. The Labute approximate surface area is 69.1 Å². The van der Waals surface area contributed by atoms with E-state index in [2.05, 4.69) is 31.0 Å². The van der Waals surface area contributed by atoms with Gasteiger partial charge in [-0.1, -0.05) is 6.08 Å². The van der Waals surface area contributed by atoms with Gasteiger partial charge in [-0.2, -0.15) is 0 Å². The van der Waals surface area contributed by atoms with Gasteiger partial charge in [0, 0.05) is 12.6 Å². The van der Waals surface area contributed by atoms with Crippen molar-refractivity contribution in [1.82, 2.24) is 4.90 Å². The summed E-state index contributed by atoms with van der Waals surface area (Å²) in [4.78, 5) is 2.43. The van der Waals surface area contributed by atoms with Crippen LogP contribution in [0.5, 0.6) is 0 Å². The van der Waals surface area contributed by atoms with Crippen molar-refractivity contribution in [3.8, 4) is 0 Å². The first-order valence-corrected chi connectivity index (χ1v) is 4.67. The zero-order chi connectivity index (χ0) is 7.90. The zero-order valence-corrected chi connectivity index (χ0v) is 7.51. The lowest BCUT2D eigenvalue weighted by atomic mass is 9.99. The van der Waals surface area contributed by atoms with Gasteiger partial charge >= 0.3 is 0 Å². The number of nitrogens with zero attached hydrogens (tertiary/aromatic N) is 1. The molecule has 0 atom stereocenters. The second-order valence-electron chi connectivity index (χ2n) is 4.26. The fourth-order valence-electron chi connectivity index (χ4n) is 1.77. The van der Waals surface area contributed by atoms with E-state index in [1.54, 1.807) is 0 Å². The molecule has 0 N–H and O–H groups in total. The fourth-order valence-corrected chi connectivity index (χ4v) is 1.77. The van der Waals surface area contributed by atoms with Gasteiger partial charge in [-0.25, -0.2) is 0 Å². The van der Waals surface area contributed by atoms with Crippen molar-refractivity contribution in [1.29, 1.82) is 0 Å². The summed E-state index contributed by atoms with van der Waals surface area (Å²) in [6.45, 7) is 5.79. The molecule has 0 aromatic rings. The highest BCUT2D eigenvalue weighted by atomic mass is 15.1. The minimum Gasteiger partial charge on any atom is -0.375 e. The van der Waals surface area contributed by atoms with E-state index >= 15 is 0 Å². The molecule has 0 unspecified atom stereocenters. The SMILES string of the molecule is CC(C)N1C=CC2(CC1)CC2. The van der Waals surface area contributed by atoms with Crippen molar-refractivity contribution in [2.24, 2.45) is 5.41 Å². The van der Waals surface area contributed by atoms with E-state index in [0.29, 0.717) is 11.5 Å². The second kappa shape index (κ2) is 2.26. The number of hydrogen-bond acceptors (Lipinski definition) is 1. The molecule has 1 nitrogen and oxygen atoms in total. The van der Waals surface area contributed by atoms with Crippen LogP contribution in [-0.4, -0.2) is 17.5 Å². The van der Waals surface area contributed by atoms with Gasteiger partial charge in [-0.05, 0) is 44.7 Å². The Kier molecular flexibility index (Phi) is 1.48. The van der Waals surface area contributed by atoms with Gasteiger partial charge in [0.2, 0.25) is 0 Å². The van der Waals surface area contributed by atoms with E-state index in [1.807, 2.05) is 0 Å². The monoisotopic (exact) mass is 151 g/mol. The van der Waals surface area contributed by atoms with Crippen LogP contribution in [0.4, 0.5) is 0 Å². The summed E-state index contributed by atoms with van der Waals surface area (Å²) in [5, 5.41) is 0. The maximum Gasteiger partial charge on any atom is 0.0227 e. The zero-order valence-electron chi connectivity index (χ0n) is 7.51. The summed E-state index contributed by atoms with van der Waals surface area (Å²) in [6.07, 6.45) is 9.00. The molecule has 2 aliphatic rings. The van der Waals surface area contributed by atoms with Crippen LogP contribution in [0.1, 0.15) is 33.1 Å². The van der Waals surface area contributed by atoms with E-state index in [0.717, 1.165) is 0 Å². The first kappa shape index (κ1) is 7.20. The lowest BCUT2D eigenvalue weighted by Gasteiger charge is -2.30. The topological polar surface area (TPSA) is 3.24 Å². The van der Waals surface area contributed by atoms with Crippen molar-refractivity contribution in [3.63, 3.8) is 0 Å². The molecule has 1 aliphatic carbocycles. The lowest BCUT2D eigenvalue weighted by molar-refractivity contribution is 0.267. The van der Waals surface area contributed by atoms with Crippen LogP contribution in [0, 0.1) is 5.41 Å². The largest absolute Gasteiger partial charge is 0.375 e. The molecule has 1 heterocycles. The van der Waals surface area contributed by atoms with Gasteiger partial charge in [0.15, 0.2) is 0 Å². The third-order valence-electron chi connectivity index (χ3n) is 3.04. The van der Waals surface area contributed by atoms with E-state index in [1.165, 1.54) is 25.8 Å². The summed E-state index contributed by atoms with van der Waals surface area (Å²) < 4.78 is 0. The Morgan fingerprint density at radius 1 is 1.27 bits per heavy atom. The summed E-state index contributed by atoms with van der Waals surface area (Å²) in [7, 11) is 0. The van der Waals surface area contributed by atoms with Crippen LogP contribution in [0.2, 0.25) is 0 Å². The highest BCUT2D eigenvalue weighted by Gasteiger charge is 2.41. The van der Waals surface area contributed by atoms with Gasteiger partial charge in [0.1, 0.15) is 0 Å². The van der Waals surface area contributed by atoms with Gasteiger partial charge in [0.25, 0.3) is 0 Å². The molecule has 0 saturated heterocycles. The molecule has 1 aliphatic heterocycles. The smallest absolute Gasteiger partial charge is 0.0227 e. The predicted octanol–water partition coefficient (Wildman–Crippen LogP) is 2.39. The van der Waals surface area contributed by atoms with Gasteiger partial charge in [-0.3, -0.25) is 0 Å². The van der Waals surface area contributed by atoms with Crippen molar-refractivity contribution in [3.05, 3.63) is 12.3 Å². The molecule has 0 aromatic carbocycles. The van der Waals surface area contributed by atoms with Crippen molar-refractivity contribution >= 4 is 0 Å². The van der Waals surface area contributed by atoms with Crippen LogP contribution in [-0.2, 0) is 0 Å². The molecule has 62 valence electrons. The number of hydrogen-bond donors (Lipinski definition) is 0. The quantitative estimate of drug-likeness (QED) is 0.556. The molecule has 0 radical (unpaired) electrons. The predicted molar refractivity (Wildman–Crippen MR) is 47.3 cm³/mol. The molecule has 0 bridgehead atoms. The van der Waals surface area contributed by atoms with Crippen LogP contribution < -0.4 is 0 Å². The Hall–Kier alpha value is -0.460. The van der Waals surface area contributed by atoms with Crippen LogP contribution in [0.15, 0.2) is 12.3 Å². The summed E-state index contributed by atoms with van der Waals surface area (Å²) in [6, 6.07) is 0.683. The van der Waals surface area contributed by atoms with E-state index < -0.39 is 0 Å². The van der Waals surface area contributed by atoms with Gasteiger partial charge < -0.3 is 4.90 Å². The maximum atomic E-state index is 2.43. The lowest BCUT2D eigenvalue weighted by Crippen LogP contribution is -2.30. The molecule has 1 fully saturated rings. The molecule has 0 aromatic heterocycles. The molecule has 1 saturated carbocycles. The highest BCUT2D eigenvalue weighted by Crippen LogP contribution is 2.51. The molecule has 11 heavy (non-hydrogen) atoms. The summed E-state index contributed by atoms with van der Waals surface area (Å²) in [5.74, 6) is 0. The third kappa shape index (κ3) is 1.29. The molecule has 0 amide bonds. The standard InChI is InChI=1S/C10H17N/c1-9(2)11-7-5-10(3-4-10)6-8-11/h5,7,9H,3-4,6,8H2,1-2H3. The van der Waals surface area contributed by atoms with Gasteiger partial charge in [-0.15, -0.1) is 0 Å². The molecular weight excluding hydrogens is 134 g/mol. The molecular formula is C10H17N. The first-order valence-electron chi connectivity index (χ1n) is 4.67. The second-order valence-corrected chi connectivity index (χ2v) is 4.26. The maximum absolute atomic E-state index is 2.43. The Morgan fingerprint density at radius 3 is 2.36 bits per heavy atom. The van der Waals surface area contributed by atoms with E-state index in [4.69, 9.17) is 0 Å². The average molecular weight is 151 g/mol. The first-order chi connectivity index (χ1) is 5.22. The normalized spacial score (nSPS) is 26.6. The Morgan fingerprint density at radius 2 is 2.00 bits per heavy atom.